The summed E-state index contributed by atoms with van der Waals surface area (Å²) in [5.74, 6) is 0. The molecule has 2 aromatic heterocycles. The van der Waals surface area contributed by atoms with E-state index in [0.29, 0.717) is 10.6 Å². The van der Waals surface area contributed by atoms with Crippen molar-refractivity contribution in [1.29, 1.82) is 0 Å². The summed E-state index contributed by atoms with van der Waals surface area (Å²) in [6.45, 7) is 3.30. The molecule has 4 nitrogen and oxygen atoms in total. The molecular weight excluding hydrogens is 400 g/mol. The van der Waals surface area contributed by atoms with Crippen LogP contribution in [0.1, 0.15) is 21.6 Å². The van der Waals surface area contributed by atoms with Crippen molar-refractivity contribution >= 4 is 38.9 Å². The van der Waals surface area contributed by atoms with Crippen molar-refractivity contribution in [3.05, 3.63) is 80.8 Å². The average Bonchev–Trinajstić information content (AvgIpc) is 3.09. The minimum atomic E-state index is -3.66. The minimum absolute atomic E-state index is 0.0452. The first-order chi connectivity index (χ1) is 12.9. The van der Waals surface area contributed by atoms with Gasteiger partial charge in [-0.15, -0.1) is 11.3 Å². The maximum Gasteiger partial charge on any atom is 0.224 e. The molecule has 0 saturated heterocycles. The molecule has 0 radical (unpaired) electrons. The van der Waals surface area contributed by atoms with Gasteiger partial charge < -0.3 is 4.90 Å². The zero-order chi connectivity index (χ0) is 19.0. The fourth-order valence-corrected chi connectivity index (χ4v) is 5.58. The summed E-state index contributed by atoms with van der Waals surface area (Å²) in [7, 11) is -3.66. The van der Waals surface area contributed by atoms with Crippen LogP contribution in [0.5, 0.6) is 0 Å². The molecule has 0 spiro atoms. The number of benzene rings is 1. The van der Waals surface area contributed by atoms with E-state index < -0.39 is 9.84 Å². The molecule has 0 N–H and O–H groups in total. The Balaban J connectivity index is 1.54. The van der Waals surface area contributed by atoms with E-state index in [0.717, 1.165) is 18.7 Å². The van der Waals surface area contributed by atoms with E-state index in [1.54, 1.807) is 36.5 Å². The number of pyridine rings is 1. The molecule has 0 fully saturated rings. The molecule has 7 heteroatoms. The van der Waals surface area contributed by atoms with Crippen LogP contribution in [0.2, 0.25) is 5.02 Å². The Morgan fingerprint density at radius 2 is 2.00 bits per heavy atom. The first kappa shape index (κ1) is 18.2. The fraction of sp³-hybridized carbons (Fsp3) is 0.150. The van der Waals surface area contributed by atoms with E-state index in [2.05, 4.69) is 33.6 Å². The molecule has 3 heterocycles. The van der Waals surface area contributed by atoms with Gasteiger partial charge in [-0.2, -0.15) is 0 Å². The Morgan fingerprint density at radius 1 is 1.22 bits per heavy atom. The summed E-state index contributed by atoms with van der Waals surface area (Å²) in [5, 5.41) is 2.57. The second-order valence-corrected chi connectivity index (χ2v) is 9.74. The number of hydrogen-bond donors (Lipinski definition) is 0. The molecule has 1 aromatic carbocycles. The summed E-state index contributed by atoms with van der Waals surface area (Å²) >= 11 is 7.64. The minimum Gasteiger partial charge on any atom is -0.368 e. The van der Waals surface area contributed by atoms with Crippen molar-refractivity contribution in [3.63, 3.8) is 0 Å². The lowest BCUT2D eigenvalue weighted by molar-refractivity contribution is 0.363. The maximum atomic E-state index is 12.8. The predicted octanol–water partition coefficient (Wildman–Crippen LogP) is 4.92. The number of aromatic nitrogens is 1. The van der Waals surface area contributed by atoms with Crippen molar-refractivity contribution < 1.29 is 8.42 Å². The van der Waals surface area contributed by atoms with E-state index in [1.807, 2.05) is 12.1 Å². The van der Waals surface area contributed by atoms with Gasteiger partial charge in [0.1, 0.15) is 0 Å². The average molecular weight is 417 g/mol. The van der Waals surface area contributed by atoms with Gasteiger partial charge in [0.25, 0.3) is 0 Å². The van der Waals surface area contributed by atoms with Crippen LogP contribution >= 0.6 is 22.9 Å². The molecule has 1 aliphatic heterocycles. The van der Waals surface area contributed by atoms with E-state index in [9.17, 15) is 8.42 Å². The van der Waals surface area contributed by atoms with E-state index in [1.165, 1.54) is 16.6 Å². The second-order valence-electron chi connectivity index (χ2n) is 6.44. The van der Waals surface area contributed by atoms with Gasteiger partial charge in [0, 0.05) is 23.8 Å². The third-order valence-electron chi connectivity index (χ3n) is 4.46. The number of hydrogen-bond acceptors (Lipinski definition) is 5. The van der Waals surface area contributed by atoms with Crippen LogP contribution in [0.15, 0.2) is 64.1 Å². The van der Waals surface area contributed by atoms with E-state index >= 15 is 0 Å². The number of aryl methyl sites for hydroxylation is 1. The second kappa shape index (κ2) is 7.11. The third kappa shape index (κ3) is 3.65. The summed E-state index contributed by atoms with van der Waals surface area (Å²) in [6, 6.07) is 10.7. The first-order valence-corrected chi connectivity index (χ1v) is 11.1. The van der Waals surface area contributed by atoms with Gasteiger partial charge in [-0.25, -0.2) is 13.4 Å². The molecule has 3 aromatic rings. The summed E-state index contributed by atoms with van der Waals surface area (Å²) in [6.07, 6.45) is 5.56. The molecule has 0 bridgehead atoms. The molecule has 4 rings (SSSR count). The van der Waals surface area contributed by atoms with Crippen molar-refractivity contribution in [2.75, 3.05) is 0 Å². The van der Waals surface area contributed by atoms with E-state index in [-0.39, 0.29) is 9.92 Å². The highest BCUT2D eigenvalue weighted by Gasteiger charge is 2.22. The van der Waals surface area contributed by atoms with Crippen LogP contribution < -0.4 is 0 Å². The largest absolute Gasteiger partial charge is 0.368 e. The molecule has 0 aliphatic carbocycles. The topological polar surface area (TPSA) is 50.3 Å². The van der Waals surface area contributed by atoms with Crippen molar-refractivity contribution in [2.24, 2.45) is 0 Å². The zero-order valence-electron chi connectivity index (χ0n) is 14.6. The van der Waals surface area contributed by atoms with Crippen molar-refractivity contribution in [1.82, 2.24) is 9.88 Å². The quantitative estimate of drug-likeness (QED) is 0.605. The van der Waals surface area contributed by atoms with Gasteiger partial charge in [-0.1, -0.05) is 23.7 Å². The molecule has 0 saturated carbocycles. The Bertz CT molecular complexity index is 1120. The van der Waals surface area contributed by atoms with Gasteiger partial charge >= 0.3 is 0 Å². The summed E-state index contributed by atoms with van der Waals surface area (Å²) < 4.78 is 25.7. The lowest BCUT2D eigenvalue weighted by Gasteiger charge is -2.23. The van der Waals surface area contributed by atoms with Gasteiger partial charge in [0.15, 0.2) is 5.03 Å². The lowest BCUT2D eigenvalue weighted by atomic mass is 10.1. The zero-order valence-corrected chi connectivity index (χ0v) is 17.0. The Hall–Kier alpha value is -2.15. The highest BCUT2D eigenvalue weighted by atomic mass is 35.5. The molecule has 0 atom stereocenters. The summed E-state index contributed by atoms with van der Waals surface area (Å²) in [4.78, 5) is 7.82. The van der Waals surface area contributed by atoms with Crippen LogP contribution in [-0.4, -0.2) is 18.3 Å². The van der Waals surface area contributed by atoms with Gasteiger partial charge in [0.2, 0.25) is 9.84 Å². The van der Waals surface area contributed by atoms with Gasteiger partial charge in [-0.3, -0.25) is 0 Å². The Kier molecular flexibility index (Phi) is 4.80. The predicted molar refractivity (Wildman–Crippen MR) is 108 cm³/mol. The monoisotopic (exact) mass is 416 g/mol. The Labute approximate surface area is 167 Å². The molecule has 1 aliphatic rings. The molecule has 0 amide bonds. The van der Waals surface area contributed by atoms with E-state index in [4.69, 9.17) is 11.6 Å². The van der Waals surface area contributed by atoms with Crippen LogP contribution in [-0.2, 0) is 22.9 Å². The number of nitrogens with zero attached hydrogens (tertiary/aromatic N) is 2. The van der Waals surface area contributed by atoms with Crippen LogP contribution in [0.4, 0.5) is 0 Å². The van der Waals surface area contributed by atoms with Crippen LogP contribution in [0.25, 0.3) is 6.08 Å². The molecule has 27 heavy (non-hydrogen) atoms. The van der Waals surface area contributed by atoms with Gasteiger partial charge in [-0.05, 0) is 59.3 Å². The first-order valence-electron chi connectivity index (χ1n) is 8.38. The number of fused-ring (bicyclic) bond motifs is 1. The Morgan fingerprint density at radius 3 is 2.74 bits per heavy atom. The van der Waals surface area contributed by atoms with Gasteiger partial charge in [0.05, 0.1) is 16.5 Å². The number of thiophene rings is 1. The highest BCUT2D eigenvalue weighted by Crippen LogP contribution is 2.27. The molecule has 138 valence electrons. The molecular formula is C20H17ClN2O2S2. The molecule has 0 unspecified atom stereocenters. The van der Waals surface area contributed by atoms with Crippen molar-refractivity contribution in [3.8, 4) is 0 Å². The third-order valence-corrected chi connectivity index (χ3v) is 7.42. The van der Waals surface area contributed by atoms with Crippen LogP contribution in [0, 0.1) is 6.92 Å². The fourth-order valence-electron chi connectivity index (χ4n) is 3.09. The lowest BCUT2D eigenvalue weighted by Crippen LogP contribution is -2.18. The number of halogens is 1. The SMILES string of the molecule is Cc1cc(Cl)cnc1S(=O)(=O)c1ccc(CN2C=Cc3ccsc3C2)cc1. The summed E-state index contributed by atoms with van der Waals surface area (Å²) in [5.41, 5.74) is 2.87. The number of rotatable bonds is 4. The normalized spacial score (nSPS) is 13.6. The maximum absolute atomic E-state index is 12.8. The van der Waals surface area contributed by atoms with Crippen molar-refractivity contribution in [2.45, 2.75) is 29.9 Å². The smallest absolute Gasteiger partial charge is 0.224 e. The number of sulfone groups is 1. The van der Waals surface area contributed by atoms with Crippen LogP contribution in [0.3, 0.4) is 0 Å². The highest BCUT2D eigenvalue weighted by molar-refractivity contribution is 7.91. The standard InChI is InChI=1S/C20H17ClN2O2S2/c1-14-10-17(21)11-22-20(14)27(24,25)18-4-2-15(3-5-18)12-23-8-6-16-7-9-26-19(16)13-23/h2-11H,12-13H2,1H3.